The molecule has 2 aromatic rings. The number of amides is 2. The molecule has 8 heteroatoms. The molecule has 0 spiro atoms. The summed E-state index contributed by atoms with van der Waals surface area (Å²) in [6.45, 7) is 1.75. The van der Waals surface area contributed by atoms with E-state index in [4.69, 9.17) is 15.2 Å². The van der Waals surface area contributed by atoms with E-state index >= 15 is 0 Å². The SMILES string of the molecule is COc1cc2c(OCC[C@H]3NC(=O)[C@H]4[C@@H]3[C@]4(C)F)nccc2cc1C(N)=O. The highest BCUT2D eigenvalue weighted by molar-refractivity contribution is 6.01. The Hall–Kier alpha value is -2.90. The first-order valence-corrected chi connectivity index (χ1v) is 8.73. The largest absolute Gasteiger partial charge is 0.496 e. The van der Waals surface area contributed by atoms with Crippen LogP contribution in [0.1, 0.15) is 23.7 Å². The molecule has 0 unspecified atom stereocenters. The van der Waals surface area contributed by atoms with E-state index in [0.29, 0.717) is 23.4 Å². The zero-order valence-corrected chi connectivity index (χ0v) is 15.0. The Morgan fingerprint density at radius 2 is 2.22 bits per heavy atom. The molecule has 0 bridgehead atoms. The van der Waals surface area contributed by atoms with Crippen LogP contribution in [0.4, 0.5) is 4.39 Å². The number of nitrogens with two attached hydrogens (primary N) is 1. The van der Waals surface area contributed by atoms with Crippen LogP contribution in [0.5, 0.6) is 11.6 Å². The number of carbonyl (C=O) groups is 2. The van der Waals surface area contributed by atoms with Gasteiger partial charge in [0.15, 0.2) is 0 Å². The standard InChI is InChI=1S/C19H20FN3O4/c1-19(20)14-12(23-17(25)15(14)19)4-6-27-18-10-8-13(26-2)11(16(21)24)7-9(10)3-5-22-18/h3,5,7-8,12,14-15H,4,6H2,1-2H3,(H2,21,24)(H,23,25)/t12-,14-,15-,19+/m1/s1. The summed E-state index contributed by atoms with van der Waals surface area (Å²) in [6, 6.07) is 4.80. The lowest BCUT2D eigenvalue weighted by Gasteiger charge is -2.17. The van der Waals surface area contributed by atoms with Gasteiger partial charge in [-0.25, -0.2) is 9.37 Å². The molecule has 2 amide bonds. The molecule has 1 aromatic carbocycles. The highest BCUT2D eigenvalue weighted by Crippen LogP contribution is 2.59. The van der Waals surface area contributed by atoms with Crippen molar-refractivity contribution in [3.8, 4) is 11.6 Å². The fourth-order valence-corrected chi connectivity index (χ4v) is 4.11. The Labute approximate surface area is 155 Å². The number of methoxy groups -OCH3 is 1. The van der Waals surface area contributed by atoms with Gasteiger partial charge in [0.25, 0.3) is 5.91 Å². The first kappa shape index (κ1) is 17.5. The van der Waals surface area contributed by atoms with Crippen molar-refractivity contribution >= 4 is 22.6 Å². The second-order valence-electron chi connectivity index (χ2n) is 7.16. The number of primary amides is 1. The van der Waals surface area contributed by atoms with Crippen LogP contribution in [0.25, 0.3) is 10.8 Å². The summed E-state index contributed by atoms with van der Waals surface area (Å²) in [4.78, 5) is 27.6. The molecule has 1 aromatic heterocycles. The molecule has 4 atom stereocenters. The van der Waals surface area contributed by atoms with Crippen molar-refractivity contribution in [3.63, 3.8) is 0 Å². The predicted molar refractivity (Wildman–Crippen MR) is 95.3 cm³/mol. The minimum absolute atomic E-state index is 0.220. The lowest BCUT2D eigenvalue weighted by atomic mass is 10.1. The predicted octanol–water partition coefficient (Wildman–Crippen LogP) is 1.58. The third kappa shape index (κ3) is 2.75. The zero-order chi connectivity index (χ0) is 19.3. The molecule has 1 saturated heterocycles. The molecule has 4 rings (SSSR count). The van der Waals surface area contributed by atoms with E-state index in [1.54, 1.807) is 24.4 Å². The van der Waals surface area contributed by atoms with E-state index in [1.807, 2.05) is 0 Å². The van der Waals surface area contributed by atoms with Gasteiger partial charge in [0.1, 0.15) is 11.4 Å². The number of piperidine rings is 1. The number of aromatic nitrogens is 1. The number of rotatable bonds is 6. The van der Waals surface area contributed by atoms with E-state index in [1.165, 1.54) is 14.0 Å². The summed E-state index contributed by atoms with van der Waals surface area (Å²) in [5.41, 5.74) is 4.25. The van der Waals surface area contributed by atoms with Gasteiger partial charge in [-0.2, -0.15) is 0 Å². The molecule has 1 saturated carbocycles. The number of benzene rings is 1. The van der Waals surface area contributed by atoms with Crippen LogP contribution in [-0.2, 0) is 4.79 Å². The second kappa shape index (κ2) is 6.07. The van der Waals surface area contributed by atoms with Crippen LogP contribution in [0, 0.1) is 11.8 Å². The molecule has 2 heterocycles. The van der Waals surface area contributed by atoms with Crippen LogP contribution >= 0.6 is 0 Å². The Kier molecular flexibility index (Phi) is 3.94. The third-order valence-corrected chi connectivity index (χ3v) is 5.53. The second-order valence-corrected chi connectivity index (χ2v) is 7.16. The smallest absolute Gasteiger partial charge is 0.252 e. The summed E-state index contributed by atoms with van der Waals surface area (Å²) in [5.74, 6) is -0.909. The Morgan fingerprint density at radius 1 is 1.44 bits per heavy atom. The quantitative estimate of drug-likeness (QED) is 0.800. The lowest BCUT2D eigenvalue weighted by Crippen LogP contribution is -2.36. The van der Waals surface area contributed by atoms with Crippen LogP contribution in [0.2, 0.25) is 0 Å². The monoisotopic (exact) mass is 373 g/mol. The van der Waals surface area contributed by atoms with Gasteiger partial charge in [0.05, 0.1) is 25.2 Å². The van der Waals surface area contributed by atoms with Crippen molar-refractivity contribution < 1.29 is 23.5 Å². The molecule has 0 radical (unpaired) electrons. The fraction of sp³-hybridized carbons (Fsp3) is 0.421. The zero-order valence-electron chi connectivity index (χ0n) is 15.0. The average molecular weight is 373 g/mol. The number of carbonyl (C=O) groups excluding carboxylic acids is 2. The van der Waals surface area contributed by atoms with E-state index < -0.39 is 17.5 Å². The number of halogens is 1. The summed E-state index contributed by atoms with van der Waals surface area (Å²) in [7, 11) is 1.45. The van der Waals surface area contributed by atoms with Gasteiger partial charge in [-0.1, -0.05) is 0 Å². The molecule has 3 N–H and O–H groups in total. The first-order chi connectivity index (χ1) is 12.8. The fourth-order valence-electron chi connectivity index (χ4n) is 4.11. The molecule has 142 valence electrons. The molecule has 7 nitrogen and oxygen atoms in total. The maximum Gasteiger partial charge on any atom is 0.252 e. The Balaban J connectivity index is 1.51. The molecule has 2 aliphatic rings. The van der Waals surface area contributed by atoms with Crippen LogP contribution < -0.4 is 20.5 Å². The van der Waals surface area contributed by atoms with Gasteiger partial charge < -0.3 is 20.5 Å². The number of nitrogens with zero attached hydrogens (tertiary/aromatic N) is 1. The van der Waals surface area contributed by atoms with E-state index in [0.717, 1.165) is 5.39 Å². The van der Waals surface area contributed by atoms with Crippen molar-refractivity contribution in [2.45, 2.75) is 25.1 Å². The Morgan fingerprint density at radius 3 is 2.85 bits per heavy atom. The van der Waals surface area contributed by atoms with Crippen molar-refractivity contribution in [2.75, 3.05) is 13.7 Å². The Bertz CT molecular complexity index is 946. The normalized spacial score (nSPS) is 28.6. The van der Waals surface area contributed by atoms with Crippen molar-refractivity contribution in [2.24, 2.45) is 17.6 Å². The number of ether oxygens (including phenoxy) is 2. The van der Waals surface area contributed by atoms with Gasteiger partial charge in [-0.15, -0.1) is 0 Å². The maximum absolute atomic E-state index is 14.2. The summed E-state index contributed by atoms with van der Waals surface area (Å²) >= 11 is 0. The highest BCUT2D eigenvalue weighted by Gasteiger charge is 2.73. The van der Waals surface area contributed by atoms with Crippen LogP contribution in [-0.4, -0.2) is 42.2 Å². The van der Waals surface area contributed by atoms with E-state index in [9.17, 15) is 14.0 Å². The minimum Gasteiger partial charge on any atom is -0.496 e. The number of pyridine rings is 1. The summed E-state index contributed by atoms with van der Waals surface area (Å²) < 4.78 is 25.2. The molecule has 1 aliphatic carbocycles. The summed E-state index contributed by atoms with van der Waals surface area (Å²) in [5, 5.41) is 4.23. The van der Waals surface area contributed by atoms with Crippen molar-refractivity contribution in [3.05, 3.63) is 30.0 Å². The van der Waals surface area contributed by atoms with E-state index in [-0.39, 0.29) is 30.0 Å². The molecular weight excluding hydrogens is 353 g/mol. The number of fused-ring (bicyclic) bond motifs is 2. The topological polar surface area (TPSA) is 104 Å². The third-order valence-electron chi connectivity index (χ3n) is 5.53. The number of hydrogen-bond acceptors (Lipinski definition) is 5. The number of nitrogens with one attached hydrogen (secondary N) is 1. The van der Waals surface area contributed by atoms with Gasteiger partial charge in [-0.3, -0.25) is 9.59 Å². The number of alkyl halides is 1. The van der Waals surface area contributed by atoms with Gasteiger partial charge in [-0.05, 0) is 30.5 Å². The van der Waals surface area contributed by atoms with E-state index in [2.05, 4.69) is 10.3 Å². The molecule has 1 aliphatic heterocycles. The van der Waals surface area contributed by atoms with Gasteiger partial charge in [0, 0.05) is 30.0 Å². The van der Waals surface area contributed by atoms with Gasteiger partial charge >= 0.3 is 0 Å². The van der Waals surface area contributed by atoms with Gasteiger partial charge in [0.2, 0.25) is 11.8 Å². The minimum atomic E-state index is -1.41. The molecular formula is C19H20FN3O4. The van der Waals surface area contributed by atoms with Crippen LogP contribution in [0.15, 0.2) is 24.4 Å². The molecule has 2 fully saturated rings. The van der Waals surface area contributed by atoms with Crippen molar-refractivity contribution in [1.29, 1.82) is 0 Å². The average Bonchev–Trinajstić information content (AvgIpc) is 3.02. The first-order valence-electron chi connectivity index (χ1n) is 8.73. The van der Waals surface area contributed by atoms with Crippen LogP contribution in [0.3, 0.4) is 0 Å². The summed E-state index contributed by atoms with van der Waals surface area (Å²) in [6.07, 6.45) is 2.06. The number of hydrogen-bond donors (Lipinski definition) is 2. The maximum atomic E-state index is 14.2. The molecule has 27 heavy (non-hydrogen) atoms. The lowest BCUT2D eigenvalue weighted by molar-refractivity contribution is -0.122. The highest BCUT2D eigenvalue weighted by atomic mass is 19.1. The van der Waals surface area contributed by atoms with Crippen molar-refractivity contribution in [1.82, 2.24) is 10.3 Å².